The van der Waals surface area contributed by atoms with Crippen molar-refractivity contribution in [2.45, 2.75) is 0 Å². The van der Waals surface area contributed by atoms with Crippen LogP contribution in [0.5, 0.6) is 0 Å². The van der Waals surface area contributed by atoms with Crippen molar-refractivity contribution in [3.63, 3.8) is 0 Å². The summed E-state index contributed by atoms with van der Waals surface area (Å²) in [4.78, 5) is 20.6. The van der Waals surface area contributed by atoms with E-state index in [1.54, 1.807) is 0 Å². The SMILES string of the molecule is c1ccc(-c2nc(-c3ccc(-c4cccc(-c5nc6ccccc6c6c(-c7ccccc7)c(-c7ccccc7)oc56)c4)cc3)nc(-c3cccc(-n4c5ccccc5c5ccccc54)c3)n2)cc1. The zero-order valence-electron chi connectivity index (χ0n) is 36.7. The summed E-state index contributed by atoms with van der Waals surface area (Å²) in [7, 11) is 0. The van der Waals surface area contributed by atoms with Crippen LogP contribution in [0.3, 0.4) is 0 Å². The van der Waals surface area contributed by atoms with Gasteiger partial charge in [-0.2, -0.15) is 0 Å². The summed E-state index contributed by atoms with van der Waals surface area (Å²) in [5.74, 6) is 2.64. The molecule has 0 atom stereocenters. The zero-order valence-corrected chi connectivity index (χ0v) is 36.7. The summed E-state index contributed by atoms with van der Waals surface area (Å²) in [5, 5.41) is 4.53. The first-order valence-corrected chi connectivity index (χ1v) is 22.8. The number of pyridine rings is 1. The van der Waals surface area contributed by atoms with E-state index >= 15 is 0 Å². The minimum Gasteiger partial charge on any atom is -0.453 e. The van der Waals surface area contributed by atoms with Crippen molar-refractivity contribution in [1.82, 2.24) is 24.5 Å². The van der Waals surface area contributed by atoms with Crippen LogP contribution in [0.25, 0.3) is 128 Å². The Bertz CT molecular complexity index is 3960. The Morgan fingerprint density at radius 2 is 0.809 bits per heavy atom. The summed E-state index contributed by atoms with van der Waals surface area (Å²) >= 11 is 0. The van der Waals surface area contributed by atoms with Crippen molar-refractivity contribution in [2.75, 3.05) is 0 Å². The highest BCUT2D eigenvalue weighted by atomic mass is 16.3. The summed E-state index contributed by atoms with van der Waals surface area (Å²) in [6.07, 6.45) is 0. The minimum absolute atomic E-state index is 0.598. The van der Waals surface area contributed by atoms with Crippen molar-refractivity contribution in [2.24, 2.45) is 0 Å². The molecule has 13 rings (SSSR count). The minimum atomic E-state index is 0.598. The number of aromatic nitrogens is 5. The molecule has 0 unspecified atom stereocenters. The Labute approximate surface area is 392 Å². The molecule has 0 aliphatic heterocycles. The smallest absolute Gasteiger partial charge is 0.164 e. The molecule has 0 N–H and O–H groups in total. The molecular formula is C62H39N5O. The first-order valence-electron chi connectivity index (χ1n) is 22.8. The Hall–Kier alpha value is -9.26. The van der Waals surface area contributed by atoms with E-state index in [-0.39, 0.29) is 0 Å². The van der Waals surface area contributed by atoms with Crippen LogP contribution >= 0.6 is 0 Å². The number of para-hydroxylation sites is 3. The van der Waals surface area contributed by atoms with Gasteiger partial charge in [-0.15, -0.1) is 0 Å². The molecule has 0 amide bonds. The molecule has 4 heterocycles. The molecule has 0 spiro atoms. The monoisotopic (exact) mass is 869 g/mol. The first kappa shape index (κ1) is 39.1. The second-order valence-corrected chi connectivity index (χ2v) is 17.0. The van der Waals surface area contributed by atoms with Crippen molar-refractivity contribution >= 4 is 43.7 Å². The first-order chi connectivity index (χ1) is 33.7. The number of rotatable bonds is 8. The second kappa shape index (κ2) is 16.3. The third-order valence-corrected chi connectivity index (χ3v) is 12.8. The van der Waals surface area contributed by atoms with Crippen molar-refractivity contribution in [1.29, 1.82) is 0 Å². The van der Waals surface area contributed by atoms with Crippen LogP contribution in [0.1, 0.15) is 0 Å². The number of furan rings is 1. The van der Waals surface area contributed by atoms with E-state index < -0.39 is 0 Å². The van der Waals surface area contributed by atoms with Gasteiger partial charge in [0, 0.05) is 60.6 Å². The van der Waals surface area contributed by atoms with Gasteiger partial charge in [0.15, 0.2) is 23.1 Å². The Balaban J connectivity index is 0.903. The van der Waals surface area contributed by atoms with Crippen LogP contribution in [0.2, 0.25) is 0 Å². The largest absolute Gasteiger partial charge is 0.453 e. The molecule has 0 radical (unpaired) electrons. The molecule has 4 aromatic heterocycles. The zero-order chi connectivity index (χ0) is 45.0. The molecule has 9 aromatic carbocycles. The predicted octanol–water partition coefficient (Wildman–Crippen LogP) is 15.9. The number of fused-ring (bicyclic) bond motifs is 6. The van der Waals surface area contributed by atoms with E-state index in [1.807, 2.05) is 48.5 Å². The van der Waals surface area contributed by atoms with Crippen LogP contribution < -0.4 is 0 Å². The van der Waals surface area contributed by atoms with Gasteiger partial charge >= 0.3 is 0 Å². The van der Waals surface area contributed by atoms with Gasteiger partial charge in [-0.25, -0.2) is 19.9 Å². The molecule has 318 valence electrons. The average molecular weight is 870 g/mol. The standard InChI is InChI=1S/C62H39N5O/c1-4-18-41(19-5-1)55-56-51-30-10-13-31-52(51)63-57(59(56)68-58(55)42-20-6-2-7-21-42)46-25-16-24-45(38-46)40-34-36-44(37-35-40)61-64-60(43-22-8-3-9-23-43)65-62(66-61)47-26-17-27-48(39-47)67-53-32-14-11-28-49(53)50-29-12-15-33-54(50)67/h1-39H. The van der Waals surface area contributed by atoms with E-state index in [1.165, 1.54) is 10.8 Å². The third kappa shape index (κ3) is 6.74. The molecule has 13 aromatic rings. The summed E-state index contributed by atoms with van der Waals surface area (Å²) < 4.78 is 9.32. The third-order valence-electron chi connectivity index (χ3n) is 12.8. The van der Waals surface area contributed by atoms with Crippen molar-refractivity contribution in [3.05, 3.63) is 237 Å². The fraction of sp³-hybridized carbons (Fsp3) is 0. The van der Waals surface area contributed by atoms with E-state index in [4.69, 9.17) is 24.4 Å². The van der Waals surface area contributed by atoms with E-state index in [0.29, 0.717) is 17.5 Å². The summed E-state index contributed by atoms with van der Waals surface area (Å²) in [6.45, 7) is 0. The molecule has 0 saturated carbocycles. The second-order valence-electron chi connectivity index (χ2n) is 17.0. The van der Waals surface area contributed by atoms with Crippen molar-refractivity contribution in [3.8, 4) is 84.7 Å². The predicted molar refractivity (Wildman–Crippen MR) is 277 cm³/mol. The van der Waals surface area contributed by atoms with Gasteiger partial charge in [0.25, 0.3) is 0 Å². The quantitative estimate of drug-likeness (QED) is 0.152. The van der Waals surface area contributed by atoms with Crippen LogP contribution in [0.15, 0.2) is 241 Å². The van der Waals surface area contributed by atoms with Crippen molar-refractivity contribution < 1.29 is 4.42 Å². The molecular weight excluding hydrogens is 831 g/mol. The average Bonchev–Trinajstić information content (AvgIpc) is 3.99. The Kier molecular flexibility index (Phi) is 9.39. The van der Waals surface area contributed by atoms with Crippen LogP contribution in [-0.2, 0) is 0 Å². The lowest BCUT2D eigenvalue weighted by Gasteiger charge is -2.12. The number of hydrogen-bond donors (Lipinski definition) is 0. The Morgan fingerprint density at radius 1 is 0.324 bits per heavy atom. The Morgan fingerprint density at radius 3 is 1.49 bits per heavy atom. The lowest BCUT2D eigenvalue weighted by atomic mass is 9.95. The molecule has 0 aliphatic carbocycles. The highest BCUT2D eigenvalue weighted by molar-refractivity contribution is 6.18. The maximum atomic E-state index is 7.00. The highest BCUT2D eigenvalue weighted by Crippen LogP contribution is 2.47. The lowest BCUT2D eigenvalue weighted by Crippen LogP contribution is -2.01. The van der Waals surface area contributed by atoms with Gasteiger partial charge in [-0.05, 0) is 53.1 Å². The fourth-order valence-corrected chi connectivity index (χ4v) is 9.67. The van der Waals surface area contributed by atoms with Crippen LogP contribution in [0.4, 0.5) is 0 Å². The number of benzene rings is 9. The number of nitrogens with zero attached hydrogens (tertiary/aromatic N) is 5. The lowest BCUT2D eigenvalue weighted by molar-refractivity contribution is 0.632. The molecule has 68 heavy (non-hydrogen) atoms. The van der Waals surface area contributed by atoms with E-state index in [0.717, 1.165) is 100 Å². The molecule has 6 nitrogen and oxygen atoms in total. The highest BCUT2D eigenvalue weighted by Gasteiger charge is 2.24. The van der Waals surface area contributed by atoms with Gasteiger partial charge in [-0.1, -0.05) is 200 Å². The van der Waals surface area contributed by atoms with Crippen LogP contribution in [-0.4, -0.2) is 24.5 Å². The van der Waals surface area contributed by atoms with Crippen LogP contribution in [0, 0.1) is 0 Å². The summed E-state index contributed by atoms with van der Waals surface area (Å²) in [6, 6.07) is 82.0. The van der Waals surface area contributed by atoms with Gasteiger partial charge in [0.05, 0.1) is 16.6 Å². The molecule has 0 aliphatic rings. The molecule has 0 fully saturated rings. The number of hydrogen-bond acceptors (Lipinski definition) is 5. The topological polar surface area (TPSA) is 69.6 Å². The van der Waals surface area contributed by atoms with E-state index in [2.05, 4.69) is 193 Å². The van der Waals surface area contributed by atoms with Gasteiger partial charge < -0.3 is 8.98 Å². The van der Waals surface area contributed by atoms with Gasteiger partial charge in [-0.3, -0.25) is 0 Å². The summed E-state index contributed by atoms with van der Waals surface area (Å²) in [5.41, 5.74) is 14.8. The maximum Gasteiger partial charge on any atom is 0.164 e. The fourth-order valence-electron chi connectivity index (χ4n) is 9.67. The molecule has 0 bridgehead atoms. The van der Waals surface area contributed by atoms with Gasteiger partial charge in [0.1, 0.15) is 11.5 Å². The normalized spacial score (nSPS) is 11.5. The molecule has 6 heteroatoms. The molecule has 0 saturated heterocycles. The van der Waals surface area contributed by atoms with Gasteiger partial charge in [0.2, 0.25) is 0 Å². The van der Waals surface area contributed by atoms with E-state index in [9.17, 15) is 0 Å². The maximum absolute atomic E-state index is 7.00.